The van der Waals surface area contributed by atoms with E-state index in [-0.39, 0.29) is 50.8 Å². The van der Waals surface area contributed by atoms with Crippen molar-refractivity contribution in [3.05, 3.63) is 112 Å². The van der Waals surface area contributed by atoms with Crippen LogP contribution in [0.15, 0.2) is 84.6 Å². The first-order chi connectivity index (χ1) is 25.6. The predicted octanol–water partition coefficient (Wildman–Crippen LogP) is 2.03. The summed E-state index contributed by atoms with van der Waals surface area (Å²) in [7, 11) is 1.99. The van der Waals surface area contributed by atoms with Gasteiger partial charge in [0, 0.05) is 30.6 Å². The maximum absolute atomic E-state index is 13.8. The third-order valence-corrected chi connectivity index (χ3v) is 11.1. The number of ether oxygens (including phenoxy) is 3. The molecule has 1 fully saturated rings. The number of piperidine rings is 1. The minimum absolute atomic E-state index is 0.0564. The molecule has 0 saturated carbocycles. The van der Waals surface area contributed by atoms with Gasteiger partial charge in [-0.25, -0.2) is 0 Å². The molecule has 3 aromatic carbocycles. The summed E-state index contributed by atoms with van der Waals surface area (Å²) in [6.45, 7) is 0.219. The van der Waals surface area contributed by atoms with E-state index in [2.05, 4.69) is 15.5 Å². The lowest BCUT2D eigenvalue weighted by atomic mass is 9.50. The standard InChI is InChI=1S/C40H43N3O10/c1-43-21-18-39-32-26-12-13-27(23-44)35(32)52-36(39)28(51-30(45)15-19-41-37(49)33(47)24-8-4-2-5-9-24)14-17-40(39,29(43)22-26)53-31(46)16-20-42-38(50)34(48)25-10-6-3-7-11-25/h2-14,29,33-34,36,44,47-48H,15-23H2,1H3,(H,41,49)(H,42,50)/t29-,33+,34+,36+,39+,40-/m1/s1. The Morgan fingerprint density at radius 1 is 0.887 bits per heavy atom. The molecular formula is C40H43N3O10. The van der Waals surface area contributed by atoms with Gasteiger partial charge in [-0.15, -0.1) is 0 Å². The number of esters is 2. The van der Waals surface area contributed by atoms with Crippen LogP contribution in [0.4, 0.5) is 0 Å². The van der Waals surface area contributed by atoms with Gasteiger partial charge in [-0.1, -0.05) is 72.8 Å². The van der Waals surface area contributed by atoms with E-state index in [9.17, 15) is 34.5 Å². The molecule has 13 nitrogen and oxygen atoms in total. The molecule has 278 valence electrons. The number of nitrogens with one attached hydrogen (secondary N) is 2. The summed E-state index contributed by atoms with van der Waals surface area (Å²) in [6, 6.07) is 20.5. The van der Waals surface area contributed by atoms with Gasteiger partial charge >= 0.3 is 11.9 Å². The maximum atomic E-state index is 13.8. The van der Waals surface area contributed by atoms with E-state index in [0.717, 1.165) is 11.1 Å². The number of benzene rings is 3. The molecule has 2 aliphatic heterocycles. The summed E-state index contributed by atoms with van der Waals surface area (Å²) in [4.78, 5) is 54.4. The van der Waals surface area contributed by atoms with Gasteiger partial charge in [-0.2, -0.15) is 0 Å². The predicted molar refractivity (Wildman–Crippen MR) is 189 cm³/mol. The topological polar surface area (TPSA) is 184 Å². The van der Waals surface area contributed by atoms with Crippen molar-refractivity contribution in [2.45, 2.75) is 74.1 Å². The van der Waals surface area contributed by atoms with Crippen molar-refractivity contribution in [3.8, 4) is 5.75 Å². The van der Waals surface area contributed by atoms with Crippen LogP contribution < -0.4 is 15.4 Å². The minimum Gasteiger partial charge on any atom is -0.481 e. The zero-order valence-electron chi connectivity index (χ0n) is 29.3. The molecular weight excluding hydrogens is 682 g/mol. The smallest absolute Gasteiger partial charge is 0.312 e. The number of aliphatic hydroxyl groups excluding tert-OH is 3. The number of likely N-dealkylation sites (N-methyl/N-ethyl adjacent to an activating group) is 1. The molecule has 1 spiro atoms. The molecule has 13 heteroatoms. The van der Waals surface area contributed by atoms with Gasteiger partial charge in [0.1, 0.15) is 17.1 Å². The van der Waals surface area contributed by atoms with E-state index in [4.69, 9.17) is 14.2 Å². The van der Waals surface area contributed by atoms with Crippen molar-refractivity contribution in [1.82, 2.24) is 15.5 Å². The highest BCUT2D eigenvalue weighted by Crippen LogP contribution is 2.65. The maximum Gasteiger partial charge on any atom is 0.312 e. The van der Waals surface area contributed by atoms with Crippen LogP contribution in [0.1, 0.15) is 65.7 Å². The first kappa shape index (κ1) is 36.3. The highest BCUT2D eigenvalue weighted by Gasteiger charge is 2.74. The zero-order chi connectivity index (χ0) is 37.3. The van der Waals surface area contributed by atoms with Crippen LogP contribution in [-0.4, -0.2) is 88.4 Å². The Labute approximate surface area is 306 Å². The number of aliphatic hydroxyl groups is 3. The Balaban J connectivity index is 1.10. The van der Waals surface area contributed by atoms with Crippen molar-refractivity contribution in [2.24, 2.45) is 0 Å². The Morgan fingerprint density at radius 3 is 2.09 bits per heavy atom. The van der Waals surface area contributed by atoms with Gasteiger partial charge < -0.3 is 40.2 Å². The number of hydrogen-bond acceptors (Lipinski definition) is 11. The molecule has 0 aromatic heterocycles. The fourth-order valence-electron chi connectivity index (χ4n) is 8.58. The second-order valence-corrected chi connectivity index (χ2v) is 14.0. The van der Waals surface area contributed by atoms with E-state index in [1.165, 1.54) is 0 Å². The lowest BCUT2D eigenvalue weighted by Gasteiger charge is -2.62. The molecule has 2 heterocycles. The zero-order valence-corrected chi connectivity index (χ0v) is 29.3. The van der Waals surface area contributed by atoms with E-state index < -0.39 is 53.1 Å². The molecule has 7 rings (SSSR count). The molecule has 5 N–H and O–H groups in total. The van der Waals surface area contributed by atoms with Crippen LogP contribution >= 0.6 is 0 Å². The summed E-state index contributed by atoms with van der Waals surface area (Å²) in [5.74, 6) is -1.69. The second kappa shape index (κ2) is 14.7. The molecule has 0 unspecified atom stereocenters. The molecule has 1 saturated heterocycles. The van der Waals surface area contributed by atoms with E-state index in [0.29, 0.717) is 41.8 Å². The van der Waals surface area contributed by atoms with Crippen molar-refractivity contribution in [2.75, 3.05) is 26.7 Å². The molecule has 0 radical (unpaired) electrons. The van der Waals surface area contributed by atoms with Crippen LogP contribution in [0, 0.1) is 0 Å². The van der Waals surface area contributed by atoms with Gasteiger partial charge in [-0.3, -0.25) is 24.1 Å². The number of amides is 2. The van der Waals surface area contributed by atoms with Gasteiger partial charge in [0.25, 0.3) is 11.8 Å². The molecule has 2 amide bonds. The molecule has 2 bridgehead atoms. The summed E-state index contributed by atoms with van der Waals surface area (Å²) in [5, 5.41) is 36.4. The van der Waals surface area contributed by atoms with Crippen molar-refractivity contribution in [1.29, 1.82) is 0 Å². The van der Waals surface area contributed by atoms with E-state index in [1.807, 2.05) is 19.2 Å². The van der Waals surface area contributed by atoms with Crippen LogP contribution in [0.2, 0.25) is 0 Å². The fourth-order valence-corrected chi connectivity index (χ4v) is 8.58. The molecule has 6 atom stereocenters. The Morgan fingerprint density at radius 2 is 1.49 bits per heavy atom. The van der Waals surface area contributed by atoms with Crippen molar-refractivity contribution >= 4 is 23.8 Å². The van der Waals surface area contributed by atoms with E-state index in [1.54, 1.807) is 66.7 Å². The summed E-state index contributed by atoms with van der Waals surface area (Å²) in [6.07, 6.45) is -0.985. The number of likely N-dealkylation sites (tertiary alicyclic amines) is 1. The molecule has 4 aliphatic rings. The SMILES string of the molecule is CN1CC[C@]23c4c5ccc(CO)c4O[C@H]2C(OC(=O)CCNC(=O)[C@@H](O)c2ccccc2)=CC[C@@]3(OC(=O)CCNC(=O)[C@@H](O)c2ccccc2)[C@H]1C5. The van der Waals surface area contributed by atoms with Crippen molar-refractivity contribution < 1.29 is 48.7 Å². The number of rotatable bonds is 13. The Kier molecular flexibility index (Phi) is 10.1. The largest absolute Gasteiger partial charge is 0.481 e. The monoisotopic (exact) mass is 725 g/mol. The number of hydrogen-bond donors (Lipinski definition) is 5. The van der Waals surface area contributed by atoms with Gasteiger partial charge in [-0.05, 0) is 49.2 Å². The first-order valence-corrected chi connectivity index (χ1v) is 17.9. The molecule has 2 aliphatic carbocycles. The van der Waals surface area contributed by atoms with Crippen LogP contribution in [0.25, 0.3) is 0 Å². The lowest BCUT2D eigenvalue weighted by molar-refractivity contribution is -0.206. The van der Waals surface area contributed by atoms with Gasteiger partial charge in [0.15, 0.2) is 18.3 Å². The molecule has 53 heavy (non-hydrogen) atoms. The van der Waals surface area contributed by atoms with Crippen molar-refractivity contribution in [3.63, 3.8) is 0 Å². The van der Waals surface area contributed by atoms with Crippen LogP contribution in [-0.2, 0) is 47.1 Å². The highest BCUT2D eigenvalue weighted by atomic mass is 16.6. The average Bonchev–Trinajstić information content (AvgIpc) is 3.53. The Bertz CT molecular complexity index is 1920. The fraction of sp³-hybridized carbons (Fsp3) is 0.400. The number of carbonyl (C=O) groups is 4. The highest BCUT2D eigenvalue weighted by molar-refractivity contribution is 5.83. The quantitative estimate of drug-likeness (QED) is 0.163. The minimum atomic E-state index is -1.38. The summed E-state index contributed by atoms with van der Waals surface area (Å²) in [5.41, 5.74) is 1.17. The number of carbonyl (C=O) groups excluding carboxylic acids is 4. The lowest BCUT2D eigenvalue weighted by Crippen LogP contribution is -2.75. The first-order valence-electron chi connectivity index (χ1n) is 17.9. The summed E-state index contributed by atoms with van der Waals surface area (Å²) < 4.78 is 19.2. The third kappa shape index (κ3) is 6.37. The third-order valence-electron chi connectivity index (χ3n) is 11.1. The Hall–Kier alpha value is -5.08. The van der Waals surface area contributed by atoms with Gasteiger partial charge in [0.2, 0.25) is 0 Å². The summed E-state index contributed by atoms with van der Waals surface area (Å²) >= 11 is 0. The second-order valence-electron chi connectivity index (χ2n) is 14.0. The average molecular weight is 726 g/mol. The van der Waals surface area contributed by atoms with Crippen LogP contribution in [0.5, 0.6) is 5.75 Å². The van der Waals surface area contributed by atoms with Gasteiger partial charge in [0.05, 0.1) is 30.9 Å². The van der Waals surface area contributed by atoms with E-state index >= 15 is 0 Å². The normalized spacial score (nSPS) is 24.8. The van der Waals surface area contributed by atoms with Crippen LogP contribution in [0.3, 0.4) is 0 Å². The number of nitrogens with zero attached hydrogens (tertiary/aromatic N) is 1. The molecule has 3 aromatic rings.